The van der Waals surface area contributed by atoms with Crippen molar-refractivity contribution in [2.75, 3.05) is 0 Å². The lowest BCUT2D eigenvalue weighted by atomic mass is 9.46. The summed E-state index contributed by atoms with van der Waals surface area (Å²) < 4.78 is 0. The van der Waals surface area contributed by atoms with E-state index >= 15 is 0 Å². The number of aliphatic hydroxyl groups is 4. The lowest BCUT2D eigenvalue weighted by molar-refractivity contribution is -0.0724. The van der Waals surface area contributed by atoms with E-state index in [1.807, 2.05) is 0 Å². The number of allylic oxidation sites excluding steroid dienone is 2. The zero-order valence-corrected chi connectivity index (χ0v) is 14.7. The summed E-state index contributed by atoms with van der Waals surface area (Å²) in [6, 6.07) is 0. The highest BCUT2D eigenvalue weighted by Gasteiger charge is 2.60. The molecule has 0 heterocycles. The molecule has 0 unspecified atom stereocenters. The van der Waals surface area contributed by atoms with Crippen LogP contribution in [0.15, 0.2) is 23.2 Å². The zero-order chi connectivity index (χ0) is 17.3. The molecule has 3 saturated carbocycles. The number of hydrogen-bond acceptors (Lipinski definition) is 4. The molecule has 24 heavy (non-hydrogen) atoms. The van der Waals surface area contributed by atoms with Crippen molar-refractivity contribution in [1.82, 2.24) is 0 Å². The molecule has 7 atom stereocenters. The topological polar surface area (TPSA) is 80.9 Å². The normalized spacial score (nSPS) is 52.8. The van der Waals surface area contributed by atoms with Crippen molar-refractivity contribution in [3.05, 3.63) is 23.2 Å². The Bertz CT molecular complexity index is 609. The third-order valence-corrected chi connectivity index (χ3v) is 8.22. The van der Waals surface area contributed by atoms with Gasteiger partial charge in [0.1, 0.15) is 11.9 Å². The van der Waals surface area contributed by atoms with Gasteiger partial charge in [-0.3, -0.25) is 0 Å². The van der Waals surface area contributed by atoms with Gasteiger partial charge in [-0.05, 0) is 79.1 Å². The maximum Gasteiger partial charge on any atom is 0.125 e. The Kier molecular flexibility index (Phi) is 3.60. The van der Waals surface area contributed by atoms with E-state index in [4.69, 9.17) is 0 Å². The summed E-state index contributed by atoms with van der Waals surface area (Å²) in [6.07, 6.45) is 6.33. The molecule has 0 aromatic heterocycles. The van der Waals surface area contributed by atoms with Crippen LogP contribution in [0.3, 0.4) is 0 Å². The molecule has 4 N–H and O–H groups in total. The smallest absolute Gasteiger partial charge is 0.125 e. The average Bonchev–Trinajstić information content (AvgIpc) is 2.86. The molecule has 4 nitrogen and oxygen atoms in total. The molecule has 0 saturated heterocycles. The standard InChI is InChI=1S/C20H30O4/c1-19-7-5-14-12(13(19)3-4-16(19)23)9-11(10-21)17-18(24)15(22)6-8-20(14,17)2/h10,12-16,21-24H,3-9H2,1-2H3/b11-10+/t12-,13-,14-,15-,16-,19-,20+/m0/s1. The molecule has 4 aliphatic carbocycles. The van der Waals surface area contributed by atoms with Gasteiger partial charge in [0, 0.05) is 5.57 Å². The van der Waals surface area contributed by atoms with Crippen molar-refractivity contribution in [2.24, 2.45) is 28.6 Å². The van der Waals surface area contributed by atoms with Crippen molar-refractivity contribution < 1.29 is 20.4 Å². The largest absolute Gasteiger partial charge is 0.515 e. The highest BCUT2D eigenvalue weighted by Crippen LogP contribution is 2.66. The third kappa shape index (κ3) is 1.93. The third-order valence-electron chi connectivity index (χ3n) is 8.22. The van der Waals surface area contributed by atoms with E-state index in [1.165, 1.54) is 0 Å². The van der Waals surface area contributed by atoms with Crippen LogP contribution in [0.5, 0.6) is 0 Å². The highest BCUT2D eigenvalue weighted by molar-refractivity contribution is 5.44. The first-order valence-corrected chi connectivity index (χ1v) is 9.46. The minimum atomic E-state index is -0.804. The summed E-state index contributed by atoms with van der Waals surface area (Å²) >= 11 is 0. The first-order chi connectivity index (χ1) is 11.3. The number of aliphatic hydroxyl groups excluding tert-OH is 4. The average molecular weight is 334 g/mol. The summed E-state index contributed by atoms with van der Waals surface area (Å²) in [5.74, 6) is 1.45. The van der Waals surface area contributed by atoms with Gasteiger partial charge in [0.25, 0.3) is 0 Å². The quantitative estimate of drug-likeness (QED) is 0.510. The Morgan fingerprint density at radius 1 is 1.00 bits per heavy atom. The van der Waals surface area contributed by atoms with Crippen molar-refractivity contribution in [2.45, 2.75) is 71.0 Å². The SMILES string of the molecule is C[C@]12CC[C@H]3[C@@H](C/C(=C\O)C4=C(O)[C@@H](O)CC[C@@]43C)[C@@H]1CC[C@@H]2O. The second-order valence-electron chi connectivity index (χ2n) is 9.11. The Labute approximate surface area is 143 Å². The molecule has 0 aromatic carbocycles. The lowest BCUT2D eigenvalue weighted by Gasteiger charge is -2.58. The number of fused-ring (bicyclic) bond motifs is 5. The minimum absolute atomic E-state index is 0.00443. The molecule has 4 rings (SSSR count). The summed E-state index contributed by atoms with van der Waals surface area (Å²) in [5, 5.41) is 41.0. The summed E-state index contributed by atoms with van der Waals surface area (Å²) in [7, 11) is 0. The molecule has 4 aliphatic rings. The van der Waals surface area contributed by atoms with Gasteiger partial charge in [0.05, 0.1) is 12.4 Å². The van der Waals surface area contributed by atoms with Crippen molar-refractivity contribution >= 4 is 0 Å². The maximum absolute atomic E-state index is 10.5. The number of rotatable bonds is 0. The molecular formula is C20H30O4. The Balaban J connectivity index is 1.80. The van der Waals surface area contributed by atoms with Crippen LogP contribution in [0.1, 0.15) is 58.8 Å². The summed E-state index contributed by atoms with van der Waals surface area (Å²) in [6.45, 7) is 4.45. The van der Waals surface area contributed by atoms with Crippen LogP contribution < -0.4 is 0 Å². The van der Waals surface area contributed by atoms with Crippen LogP contribution >= 0.6 is 0 Å². The van der Waals surface area contributed by atoms with Gasteiger partial charge < -0.3 is 20.4 Å². The lowest BCUT2D eigenvalue weighted by Crippen LogP contribution is -2.52. The van der Waals surface area contributed by atoms with E-state index in [0.717, 1.165) is 55.9 Å². The predicted octanol–water partition coefficient (Wildman–Crippen LogP) is 3.61. The zero-order valence-electron chi connectivity index (χ0n) is 14.7. The first-order valence-electron chi connectivity index (χ1n) is 9.46. The molecule has 134 valence electrons. The summed E-state index contributed by atoms with van der Waals surface area (Å²) in [4.78, 5) is 0. The Morgan fingerprint density at radius 2 is 1.75 bits per heavy atom. The minimum Gasteiger partial charge on any atom is -0.515 e. The maximum atomic E-state index is 10.5. The van der Waals surface area contributed by atoms with Crippen LogP contribution in [-0.4, -0.2) is 32.6 Å². The van der Waals surface area contributed by atoms with Crippen LogP contribution in [0, 0.1) is 28.6 Å². The molecule has 3 fully saturated rings. The van der Waals surface area contributed by atoms with Crippen molar-refractivity contribution in [3.8, 4) is 0 Å². The second-order valence-corrected chi connectivity index (χ2v) is 9.11. The van der Waals surface area contributed by atoms with E-state index in [1.54, 1.807) is 0 Å². The van der Waals surface area contributed by atoms with Gasteiger partial charge >= 0.3 is 0 Å². The molecular weight excluding hydrogens is 304 g/mol. The summed E-state index contributed by atoms with van der Waals surface area (Å²) in [5.41, 5.74) is 1.40. The van der Waals surface area contributed by atoms with Crippen LogP contribution in [0.2, 0.25) is 0 Å². The molecule has 0 radical (unpaired) electrons. The van der Waals surface area contributed by atoms with E-state index in [2.05, 4.69) is 13.8 Å². The van der Waals surface area contributed by atoms with Gasteiger partial charge in [0.15, 0.2) is 0 Å². The van der Waals surface area contributed by atoms with Crippen molar-refractivity contribution in [1.29, 1.82) is 0 Å². The number of hydrogen-bond donors (Lipinski definition) is 4. The van der Waals surface area contributed by atoms with Crippen LogP contribution in [-0.2, 0) is 0 Å². The fourth-order valence-corrected chi connectivity index (χ4v) is 6.87. The van der Waals surface area contributed by atoms with E-state index in [9.17, 15) is 20.4 Å². The van der Waals surface area contributed by atoms with Crippen LogP contribution in [0.4, 0.5) is 0 Å². The highest BCUT2D eigenvalue weighted by atomic mass is 16.3. The molecule has 4 heteroatoms. The monoisotopic (exact) mass is 334 g/mol. The molecule has 0 bridgehead atoms. The molecule has 0 aromatic rings. The van der Waals surface area contributed by atoms with Gasteiger partial charge in [-0.25, -0.2) is 0 Å². The van der Waals surface area contributed by atoms with Crippen LogP contribution in [0.25, 0.3) is 0 Å². The fraction of sp³-hybridized carbons (Fsp3) is 0.800. The van der Waals surface area contributed by atoms with Gasteiger partial charge in [-0.15, -0.1) is 0 Å². The van der Waals surface area contributed by atoms with E-state index < -0.39 is 6.10 Å². The molecule has 0 aliphatic heterocycles. The first kappa shape index (κ1) is 16.5. The predicted molar refractivity (Wildman–Crippen MR) is 91.4 cm³/mol. The Hall–Kier alpha value is -1.00. The van der Waals surface area contributed by atoms with Gasteiger partial charge in [0.2, 0.25) is 0 Å². The van der Waals surface area contributed by atoms with Gasteiger partial charge in [-0.1, -0.05) is 13.8 Å². The molecule has 0 spiro atoms. The molecule has 0 amide bonds. The van der Waals surface area contributed by atoms with Crippen molar-refractivity contribution in [3.63, 3.8) is 0 Å². The fourth-order valence-electron chi connectivity index (χ4n) is 6.87. The van der Waals surface area contributed by atoms with Gasteiger partial charge in [-0.2, -0.15) is 0 Å². The van der Waals surface area contributed by atoms with E-state index in [-0.39, 0.29) is 22.7 Å². The Morgan fingerprint density at radius 3 is 2.46 bits per heavy atom. The van der Waals surface area contributed by atoms with E-state index in [0.29, 0.717) is 24.2 Å². The second kappa shape index (κ2) is 5.25.